The van der Waals surface area contributed by atoms with E-state index in [0.29, 0.717) is 91.1 Å². The van der Waals surface area contributed by atoms with E-state index in [1.165, 1.54) is 148 Å². The molecule has 10 aliphatic carbocycles. The summed E-state index contributed by atoms with van der Waals surface area (Å²) in [6, 6.07) is 15.7. The SMILES string of the molecule is C=C(C)[C@@H]1CC[C@]2(N)CC[C@]3(C)[C@H](CC[C@@H]4[C@@]5(C)CC=C(c6ccc(C(=O)OC)cc6)C(C)(C)[C@@H]5CC[C@]43C)[C@@H]12.C=C(C)[C@@H]1CC[C@]2(NCC(C)C)CC[C@]3(C)[C@H](CC[C@@H]4[C@@]5(C)CC=C(c6ccc(C(=O)O)cc6)C(C)(C)[C@@H]5CC[C@]43C)[C@@H]12.CC(C)CI. The van der Waals surface area contributed by atoms with E-state index in [9.17, 15) is 14.7 Å². The summed E-state index contributed by atoms with van der Waals surface area (Å²) in [6.07, 6.45) is 28.3. The third kappa shape index (κ3) is 10.6. The molecule has 8 saturated carbocycles. The second kappa shape index (κ2) is 24.1. The average Bonchev–Trinajstić information content (AvgIpc) is 0.937. The minimum absolute atomic E-state index is 0.0198. The number of hydrogen-bond donors (Lipinski definition) is 3. The van der Waals surface area contributed by atoms with Gasteiger partial charge in [0.1, 0.15) is 0 Å². The van der Waals surface area contributed by atoms with Crippen LogP contribution in [0.15, 0.2) is 85.0 Å². The summed E-state index contributed by atoms with van der Waals surface area (Å²) in [7, 11) is 1.45. The number of carboxylic acid groups (broad SMARTS) is 1. The quantitative estimate of drug-likeness (QED) is 0.0948. The molecule has 8 fully saturated rings. The van der Waals surface area contributed by atoms with Crippen LogP contribution in [0, 0.1) is 114 Å². The first kappa shape index (κ1) is 67.9. The van der Waals surface area contributed by atoms with Crippen LogP contribution in [0.1, 0.15) is 258 Å². The number of nitrogens with one attached hydrogen (secondary N) is 1. The molecule has 4 N–H and O–H groups in total. The number of carbonyl (C=O) groups is 2. The fourth-order valence-electron chi connectivity index (χ4n) is 25.0. The molecule has 2 aromatic rings. The van der Waals surface area contributed by atoms with Crippen molar-refractivity contribution >= 4 is 45.7 Å². The van der Waals surface area contributed by atoms with Gasteiger partial charge in [0.2, 0.25) is 0 Å². The largest absolute Gasteiger partial charge is 0.478 e. The normalized spacial score (nSPS) is 42.2. The Balaban J connectivity index is 0.000000181. The fraction of sp³-hybridized carbons (Fsp3) is 0.728. The summed E-state index contributed by atoms with van der Waals surface area (Å²) >= 11 is 2.38. The smallest absolute Gasteiger partial charge is 0.337 e. The number of fused-ring (bicyclic) bond motifs is 14. The van der Waals surface area contributed by atoms with Crippen LogP contribution >= 0.6 is 22.6 Å². The summed E-state index contributed by atoms with van der Waals surface area (Å²) in [4.78, 5) is 23.5. The van der Waals surface area contributed by atoms with E-state index < -0.39 is 5.97 Å². The molecule has 0 heterocycles. The number of carboxylic acids is 1. The third-order valence-corrected chi connectivity index (χ3v) is 31.3. The van der Waals surface area contributed by atoms with Gasteiger partial charge in [-0.2, -0.15) is 0 Å². The molecule has 2 aromatic carbocycles. The second-order valence-corrected chi connectivity index (χ2v) is 36.0. The number of aromatic carboxylic acids is 1. The number of halogens is 1. The van der Waals surface area contributed by atoms with Crippen molar-refractivity contribution < 1.29 is 19.4 Å². The van der Waals surface area contributed by atoms with Gasteiger partial charge in [0.25, 0.3) is 0 Å². The van der Waals surface area contributed by atoms with Gasteiger partial charge in [0.05, 0.1) is 18.2 Å². The maximum absolute atomic E-state index is 12.0. The van der Waals surface area contributed by atoms with Crippen LogP contribution in [0.3, 0.4) is 0 Å². The summed E-state index contributed by atoms with van der Waals surface area (Å²) in [5.41, 5.74) is 18.8. The first-order chi connectivity index (χ1) is 41.1. The van der Waals surface area contributed by atoms with E-state index in [1.807, 2.05) is 24.3 Å². The molecule has 0 unspecified atom stereocenters. The number of hydrogen-bond acceptors (Lipinski definition) is 5. The van der Waals surface area contributed by atoms with E-state index in [-0.39, 0.29) is 27.8 Å². The molecular formula is C81H121IN2O4. The zero-order chi connectivity index (χ0) is 64.3. The summed E-state index contributed by atoms with van der Waals surface area (Å²) in [5, 5.41) is 13.7. The number of alkyl halides is 1. The van der Waals surface area contributed by atoms with Gasteiger partial charge < -0.3 is 20.9 Å². The zero-order valence-electron chi connectivity index (χ0n) is 58.4. The Morgan fingerprint density at radius 1 is 0.568 bits per heavy atom. The molecule has 12 rings (SSSR count). The van der Waals surface area contributed by atoms with Gasteiger partial charge in [-0.05, 0) is 297 Å². The van der Waals surface area contributed by atoms with Crippen molar-refractivity contribution in [3.05, 3.63) is 107 Å². The van der Waals surface area contributed by atoms with Gasteiger partial charge in [-0.1, -0.05) is 180 Å². The van der Waals surface area contributed by atoms with Crippen molar-refractivity contribution in [3.63, 3.8) is 0 Å². The van der Waals surface area contributed by atoms with Gasteiger partial charge in [-0.25, -0.2) is 9.59 Å². The van der Waals surface area contributed by atoms with Crippen molar-refractivity contribution in [2.75, 3.05) is 18.1 Å². The van der Waals surface area contributed by atoms with Crippen LogP contribution in [0.2, 0.25) is 0 Å². The molecule has 10 aliphatic rings. The minimum Gasteiger partial charge on any atom is -0.478 e. The highest BCUT2D eigenvalue weighted by molar-refractivity contribution is 14.1. The van der Waals surface area contributed by atoms with Crippen molar-refractivity contribution in [2.24, 2.45) is 120 Å². The first-order valence-corrected chi connectivity index (χ1v) is 37.0. The number of methoxy groups -OCH3 is 1. The van der Waals surface area contributed by atoms with Crippen molar-refractivity contribution in [2.45, 2.75) is 237 Å². The lowest BCUT2D eigenvalue weighted by atomic mass is 9.33. The monoisotopic (exact) mass is 1310 g/mol. The molecule has 0 saturated heterocycles. The van der Waals surface area contributed by atoms with Gasteiger partial charge in [0.15, 0.2) is 0 Å². The Hall–Kier alpha value is -3.01. The highest BCUT2D eigenvalue weighted by Crippen LogP contribution is 2.79. The maximum Gasteiger partial charge on any atom is 0.337 e. The van der Waals surface area contributed by atoms with Crippen LogP contribution < -0.4 is 11.1 Å². The van der Waals surface area contributed by atoms with Crippen molar-refractivity contribution in [1.29, 1.82) is 0 Å². The molecule has 0 amide bonds. The Kier molecular flexibility index (Phi) is 18.6. The lowest BCUT2D eigenvalue weighted by Gasteiger charge is -2.72. The van der Waals surface area contributed by atoms with Crippen molar-refractivity contribution in [3.8, 4) is 0 Å². The average molecular weight is 1310 g/mol. The zero-order valence-corrected chi connectivity index (χ0v) is 60.5. The summed E-state index contributed by atoms with van der Waals surface area (Å²) < 4.78 is 6.21. The second-order valence-electron chi connectivity index (χ2n) is 35.1. The Labute approximate surface area is 549 Å². The number of carbonyl (C=O) groups excluding carboxylic acids is 1. The molecule has 0 aliphatic heterocycles. The van der Waals surface area contributed by atoms with E-state index in [0.717, 1.165) is 43.1 Å². The predicted molar refractivity (Wildman–Crippen MR) is 377 cm³/mol. The molecule has 0 spiro atoms. The third-order valence-electron chi connectivity index (χ3n) is 29.6. The number of benzene rings is 2. The van der Waals surface area contributed by atoms with E-state index in [4.69, 9.17) is 10.5 Å². The summed E-state index contributed by atoms with van der Waals surface area (Å²) in [6.45, 7) is 50.0. The number of ether oxygens (including phenoxy) is 1. The number of allylic oxidation sites excluding steroid dienone is 6. The molecule has 88 heavy (non-hydrogen) atoms. The van der Waals surface area contributed by atoms with Gasteiger partial charge in [-0.3, -0.25) is 0 Å². The van der Waals surface area contributed by atoms with Gasteiger partial charge >= 0.3 is 11.9 Å². The molecule has 0 bridgehead atoms. The first-order valence-electron chi connectivity index (χ1n) is 35.4. The Bertz CT molecular complexity index is 3020. The molecular weight excluding hydrogens is 1190 g/mol. The lowest BCUT2D eigenvalue weighted by molar-refractivity contribution is -0.219. The van der Waals surface area contributed by atoms with E-state index >= 15 is 0 Å². The van der Waals surface area contributed by atoms with Gasteiger partial charge in [-0.15, -0.1) is 0 Å². The molecule has 0 aromatic heterocycles. The Morgan fingerprint density at radius 2 is 1.00 bits per heavy atom. The van der Waals surface area contributed by atoms with Crippen LogP contribution in [-0.4, -0.2) is 46.2 Å². The molecule has 6 nitrogen and oxygen atoms in total. The maximum atomic E-state index is 12.0. The van der Waals surface area contributed by atoms with E-state index in [1.54, 1.807) is 12.1 Å². The topological polar surface area (TPSA) is 102 Å². The number of rotatable bonds is 10. The molecule has 18 atom stereocenters. The van der Waals surface area contributed by atoms with E-state index in [2.05, 4.69) is 176 Å². The van der Waals surface area contributed by atoms with Crippen LogP contribution in [0.4, 0.5) is 0 Å². The van der Waals surface area contributed by atoms with Crippen LogP contribution in [0.25, 0.3) is 11.1 Å². The molecule has 7 heteroatoms. The van der Waals surface area contributed by atoms with Crippen LogP contribution in [0.5, 0.6) is 0 Å². The van der Waals surface area contributed by atoms with Gasteiger partial charge in [0, 0.05) is 15.5 Å². The molecule has 0 radical (unpaired) electrons. The summed E-state index contributed by atoms with van der Waals surface area (Å²) in [5.74, 6) is 7.22. The minimum atomic E-state index is -0.852. The highest BCUT2D eigenvalue weighted by Gasteiger charge is 2.72. The number of esters is 1. The fourth-order valence-corrected chi connectivity index (χ4v) is 25.0. The van der Waals surface area contributed by atoms with Crippen molar-refractivity contribution in [1.82, 2.24) is 5.32 Å². The van der Waals surface area contributed by atoms with Crippen LogP contribution in [-0.2, 0) is 4.74 Å². The highest BCUT2D eigenvalue weighted by atomic mass is 127. The predicted octanol–water partition coefficient (Wildman–Crippen LogP) is 20.9. The standard InChI is InChI=1S/C40H59NO2.C37H53NO2.C4H9I/c1-25(2)24-41-40-21-16-29(26(3)4)34(40)31-14-15-33-37(7)19-17-30(27-10-12-28(13-11-27)35(42)43)36(5,6)32(37)18-20-39(33,9)38(31,8)22-23-40;1-23(2)26-15-20-37(38)22-21-35(6)28(31(26)37)13-14-30-34(5)18-16-27(24-9-11-25(12-10-24)32(39)40-8)33(3,4)29(34)17-19-36(30,35)7;1-4(2)3-5/h10-13,17,25,29,31-34,41H,3,14-16,18-24H2,1-2,4-9H3,(H,42,43);9-12,16,26,28-31H,1,13-15,17-22,38H2,2-8H3;4H,3H2,1-2H3/t29-,31+,32-,33+,34+,37-,38+,39+,40-;26-,28+,29-,30+,31+,34-,35+,36+,37-;/m00./s1. The Morgan fingerprint density at radius 3 is 1.43 bits per heavy atom. The number of nitrogens with two attached hydrogens (primary N) is 1. The molecule has 486 valence electrons. The lowest BCUT2D eigenvalue weighted by Crippen LogP contribution is -2.68.